The van der Waals surface area contributed by atoms with E-state index in [4.69, 9.17) is 11.6 Å². The monoisotopic (exact) mass is 437 g/mol. The summed E-state index contributed by atoms with van der Waals surface area (Å²) in [5.74, 6) is -1.40. The van der Waals surface area contributed by atoms with E-state index in [1.807, 2.05) is 0 Å². The highest BCUT2D eigenvalue weighted by Crippen LogP contribution is 2.18. The van der Waals surface area contributed by atoms with Gasteiger partial charge in [-0.1, -0.05) is 35.9 Å². The molecule has 0 aliphatic carbocycles. The van der Waals surface area contributed by atoms with Crippen molar-refractivity contribution in [2.45, 2.75) is 11.4 Å². The van der Waals surface area contributed by atoms with E-state index < -0.39 is 26.6 Å². The van der Waals surface area contributed by atoms with E-state index in [1.54, 1.807) is 27.8 Å². The second-order valence-electron chi connectivity index (χ2n) is 6.04. The molecule has 0 saturated carbocycles. The minimum Gasteiger partial charge on any atom is -0.364 e. The number of aromatic nitrogens is 1. The van der Waals surface area contributed by atoms with Crippen molar-refractivity contribution in [3.05, 3.63) is 81.0 Å². The van der Waals surface area contributed by atoms with Crippen molar-refractivity contribution in [1.29, 1.82) is 0 Å². The van der Waals surface area contributed by atoms with Gasteiger partial charge in [0.05, 0.1) is 9.82 Å². The van der Waals surface area contributed by atoms with Crippen molar-refractivity contribution >= 4 is 27.5 Å². The van der Waals surface area contributed by atoms with E-state index in [0.29, 0.717) is 18.2 Å². The molecule has 1 aromatic carbocycles. The molecule has 152 valence electrons. The van der Waals surface area contributed by atoms with Crippen LogP contribution in [0.25, 0.3) is 0 Å². The highest BCUT2D eigenvalue weighted by atomic mass is 35.5. The lowest BCUT2D eigenvalue weighted by Crippen LogP contribution is -2.37. The molecule has 0 unspecified atom stereocenters. The number of nitro groups is 1. The SMILES string of the molecule is O=C(NS(=O)(=O)c1ccccc1)C(=C1NCCN1Cc1ccc(Cl)nc1)[N+](=O)[O-]. The first-order valence-corrected chi connectivity index (χ1v) is 10.2. The number of hydrogen-bond donors (Lipinski definition) is 2. The van der Waals surface area contributed by atoms with E-state index >= 15 is 0 Å². The van der Waals surface area contributed by atoms with Crippen molar-refractivity contribution in [2.24, 2.45) is 0 Å². The number of nitrogens with one attached hydrogen (secondary N) is 2. The van der Waals surface area contributed by atoms with Crippen LogP contribution in [-0.4, -0.2) is 42.2 Å². The largest absolute Gasteiger partial charge is 0.374 e. The summed E-state index contributed by atoms with van der Waals surface area (Å²) in [5, 5.41) is 14.7. The van der Waals surface area contributed by atoms with Crippen LogP contribution < -0.4 is 10.0 Å². The maximum absolute atomic E-state index is 12.5. The van der Waals surface area contributed by atoms with E-state index in [0.717, 1.165) is 5.56 Å². The summed E-state index contributed by atoms with van der Waals surface area (Å²) in [7, 11) is -4.26. The van der Waals surface area contributed by atoms with Crippen molar-refractivity contribution in [1.82, 2.24) is 19.9 Å². The van der Waals surface area contributed by atoms with Crippen molar-refractivity contribution < 1.29 is 18.1 Å². The van der Waals surface area contributed by atoms with Gasteiger partial charge in [-0.25, -0.2) is 18.1 Å². The fourth-order valence-electron chi connectivity index (χ4n) is 2.75. The molecule has 0 bridgehead atoms. The number of sulfonamides is 1. The molecule has 1 aromatic heterocycles. The molecular formula is C17H16ClN5O5S. The van der Waals surface area contributed by atoms with Crippen LogP contribution in [0.3, 0.4) is 0 Å². The third-order valence-electron chi connectivity index (χ3n) is 4.05. The number of benzene rings is 1. The number of nitrogens with zero attached hydrogens (tertiary/aromatic N) is 3. The molecule has 2 N–H and O–H groups in total. The molecule has 10 nitrogen and oxygen atoms in total. The zero-order valence-electron chi connectivity index (χ0n) is 14.9. The Balaban J connectivity index is 1.88. The van der Waals surface area contributed by atoms with Crippen LogP contribution in [-0.2, 0) is 21.4 Å². The molecule has 2 heterocycles. The summed E-state index contributed by atoms with van der Waals surface area (Å²) < 4.78 is 26.5. The average molecular weight is 438 g/mol. The Morgan fingerprint density at radius 2 is 2.00 bits per heavy atom. The normalized spacial score (nSPS) is 15.6. The van der Waals surface area contributed by atoms with Gasteiger partial charge in [0.1, 0.15) is 5.15 Å². The van der Waals surface area contributed by atoms with Gasteiger partial charge in [-0.2, -0.15) is 0 Å². The second-order valence-corrected chi connectivity index (χ2v) is 8.11. The van der Waals surface area contributed by atoms with Gasteiger partial charge in [-0.15, -0.1) is 0 Å². The summed E-state index contributed by atoms with van der Waals surface area (Å²) in [6.45, 7) is 0.961. The number of carbonyl (C=O) groups excluding carboxylic acids is 1. The molecular weight excluding hydrogens is 422 g/mol. The lowest BCUT2D eigenvalue weighted by atomic mass is 10.2. The Kier molecular flexibility index (Phi) is 5.99. The number of halogens is 1. The van der Waals surface area contributed by atoms with Gasteiger partial charge < -0.3 is 10.2 Å². The zero-order valence-corrected chi connectivity index (χ0v) is 16.5. The fraction of sp³-hybridized carbons (Fsp3) is 0.176. The molecule has 2 aromatic rings. The van der Waals surface area contributed by atoms with Crippen LogP contribution in [0, 0.1) is 10.1 Å². The first kappa shape index (κ1) is 20.6. The molecule has 1 saturated heterocycles. The number of amides is 1. The van der Waals surface area contributed by atoms with Crippen molar-refractivity contribution in [2.75, 3.05) is 13.1 Å². The van der Waals surface area contributed by atoms with Gasteiger partial charge in [-0.3, -0.25) is 14.9 Å². The number of rotatable bonds is 6. The summed E-state index contributed by atoms with van der Waals surface area (Å²) in [6.07, 6.45) is 1.52. The molecule has 0 radical (unpaired) electrons. The maximum atomic E-state index is 12.5. The maximum Gasteiger partial charge on any atom is 0.374 e. The Morgan fingerprint density at radius 1 is 1.28 bits per heavy atom. The molecule has 3 rings (SSSR count). The first-order chi connectivity index (χ1) is 13.8. The van der Waals surface area contributed by atoms with E-state index in [2.05, 4.69) is 10.3 Å². The molecule has 1 aliphatic rings. The quantitative estimate of drug-likeness (QED) is 0.297. The average Bonchev–Trinajstić information content (AvgIpc) is 3.11. The molecule has 1 amide bonds. The predicted molar refractivity (Wildman–Crippen MR) is 103 cm³/mol. The minimum absolute atomic E-state index is 0.0642. The second kappa shape index (κ2) is 8.45. The molecule has 1 aliphatic heterocycles. The van der Waals surface area contributed by atoms with Gasteiger partial charge >= 0.3 is 11.6 Å². The zero-order chi connectivity index (χ0) is 21.0. The lowest BCUT2D eigenvalue weighted by Gasteiger charge is -2.18. The van der Waals surface area contributed by atoms with Crippen molar-refractivity contribution in [3.63, 3.8) is 0 Å². The standard InChI is InChI=1S/C17H16ClN5O5S/c18-14-7-6-12(10-20-14)11-22-9-8-19-16(22)15(23(25)26)17(24)21-29(27,28)13-4-2-1-3-5-13/h1-7,10,19H,8-9,11H2,(H,21,24). The Morgan fingerprint density at radius 3 is 2.62 bits per heavy atom. The van der Waals surface area contributed by atoms with Gasteiger partial charge in [0.15, 0.2) is 5.82 Å². The predicted octanol–water partition coefficient (Wildman–Crippen LogP) is 1.09. The van der Waals surface area contributed by atoms with Gasteiger partial charge in [0, 0.05) is 25.8 Å². The lowest BCUT2D eigenvalue weighted by molar-refractivity contribution is -0.421. The molecule has 0 atom stereocenters. The molecule has 0 spiro atoms. The highest BCUT2D eigenvalue weighted by molar-refractivity contribution is 7.90. The smallest absolute Gasteiger partial charge is 0.364 e. The van der Waals surface area contributed by atoms with E-state index in [-0.39, 0.29) is 17.3 Å². The summed E-state index contributed by atoms with van der Waals surface area (Å²) in [4.78, 5) is 28.5. The Hall–Kier alpha value is -3.18. The number of carbonyl (C=O) groups is 1. The highest BCUT2D eigenvalue weighted by Gasteiger charge is 2.36. The minimum atomic E-state index is -4.26. The van der Waals surface area contributed by atoms with Gasteiger partial charge in [0.2, 0.25) is 0 Å². The fourth-order valence-corrected chi connectivity index (χ4v) is 3.84. The number of pyridine rings is 1. The van der Waals surface area contributed by atoms with Crippen LogP contribution in [0.4, 0.5) is 0 Å². The summed E-state index contributed by atoms with van der Waals surface area (Å²) in [5.41, 5.74) is -0.167. The van der Waals surface area contributed by atoms with Gasteiger partial charge in [0.25, 0.3) is 10.0 Å². The Bertz CT molecular complexity index is 1060. The van der Waals surface area contributed by atoms with E-state index in [1.165, 1.54) is 30.5 Å². The summed E-state index contributed by atoms with van der Waals surface area (Å²) in [6, 6.07) is 10.4. The van der Waals surface area contributed by atoms with Crippen LogP contribution in [0.1, 0.15) is 5.56 Å². The van der Waals surface area contributed by atoms with Crippen molar-refractivity contribution in [3.8, 4) is 0 Å². The number of hydrogen-bond acceptors (Lipinski definition) is 8. The third-order valence-corrected chi connectivity index (χ3v) is 5.63. The van der Waals surface area contributed by atoms with Crippen LogP contribution in [0.2, 0.25) is 5.15 Å². The van der Waals surface area contributed by atoms with Crippen LogP contribution >= 0.6 is 11.6 Å². The van der Waals surface area contributed by atoms with Crippen LogP contribution in [0.5, 0.6) is 0 Å². The topological polar surface area (TPSA) is 135 Å². The molecule has 29 heavy (non-hydrogen) atoms. The van der Waals surface area contributed by atoms with E-state index in [9.17, 15) is 23.3 Å². The first-order valence-electron chi connectivity index (χ1n) is 8.38. The molecule has 12 heteroatoms. The van der Waals surface area contributed by atoms with Gasteiger partial charge in [-0.05, 0) is 23.8 Å². The Labute approximate surface area is 171 Å². The molecule has 1 fully saturated rings. The summed E-state index contributed by atoms with van der Waals surface area (Å²) >= 11 is 5.76. The third kappa shape index (κ3) is 4.81. The van der Waals surface area contributed by atoms with Crippen LogP contribution in [0.15, 0.2) is 65.1 Å².